The smallest absolute Gasteiger partial charge is 0.337 e. The van der Waals surface area contributed by atoms with Crippen molar-refractivity contribution < 1.29 is 33.3 Å². The van der Waals surface area contributed by atoms with Crippen LogP contribution >= 0.6 is 0 Å². The standard InChI is InChI=1S/C22H23NO7/c1-27-21(25)15-10-16(22(26)28-2)12-17(11-15)23-20(24)14-5-7-18(8-6-14)30-13-19-4-3-9-29-19/h5-8,10-12,19H,3-4,9,13H2,1-2H3,(H,23,24)/t19-/m1/s1. The van der Waals surface area contributed by atoms with Crippen LogP contribution in [-0.2, 0) is 14.2 Å². The van der Waals surface area contributed by atoms with E-state index in [1.54, 1.807) is 24.3 Å². The molecule has 1 aliphatic rings. The fourth-order valence-corrected chi connectivity index (χ4v) is 3.04. The van der Waals surface area contributed by atoms with Gasteiger partial charge in [0.05, 0.1) is 31.5 Å². The highest BCUT2D eigenvalue weighted by Gasteiger charge is 2.17. The van der Waals surface area contributed by atoms with Crippen LogP contribution in [0.3, 0.4) is 0 Å². The number of rotatable bonds is 7. The van der Waals surface area contributed by atoms with E-state index >= 15 is 0 Å². The number of methoxy groups -OCH3 is 2. The van der Waals surface area contributed by atoms with Crippen LogP contribution in [-0.4, -0.2) is 51.4 Å². The zero-order chi connectivity index (χ0) is 21.5. The molecule has 1 atom stereocenters. The minimum absolute atomic E-state index is 0.110. The Morgan fingerprint density at radius 3 is 2.13 bits per heavy atom. The Morgan fingerprint density at radius 1 is 0.967 bits per heavy atom. The summed E-state index contributed by atoms with van der Waals surface area (Å²) < 4.78 is 20.6. The van der Waals surface area contributed by atoms with Gasteiger partial charge in [0, 0.05) is 17.9 Å². The fourth-order valence-electron chi connectivity index (χ4n) is 3.04. The zero-order valence-corrected chi connectivity index (χ0v) is 16.8. The van der Waals surface area contributed by atoms with Gasteiger partial charge in [-0.1, -0.05) is 0 Å². The van der Waals surface area contributed by atoms with Crippen molar-refractivity contribution in [2.45, 2.75) is 18.9 Å². The molecule has 0 bridgehead atoms. The molecule has 1 fully saturated rings. The highest BCUT2D eigenvalue weighted by Crippen LogP contribution is 2.20. The van der Waals surface area contributed by atoms with Crippen molar-refractivity contribution in [3.8, 4) is 5.75 Å². The normalized spacial score (nSPS) is 15.3. The van der Waals surface area contributed by atoms with Crippen LogP contribution in [0.15, 0.2) is 42.5 Å². The Labute approximate surface area is 174 Å². The summed E-state index contributed by atoms with van der Waals surface area (Å²) in [6.07, 6.45) is 2.14. The van der Waals surface area contributed by atoms with Crippen LogP contribution in [0.5, 0.6) is 5.75 Å². The Bertz CT molecular complexity index is 883. The molecule has 1 N–H and O–H groups in total. The number of carbonyl (C=O) groups is 3. The van der Waals surface area contributed by atoms with Crippen LogP contribution in [0.1, 0.15) is 43.9 Å². The van der Waals surface area contributed by atoms with E-state index in [1.165, 1.54) is 32.4 Å². The van der Waals surface area contributed by atoms with E-state index in [0.29, 0.717) is 17.9 Å². The number of ether oxygens (including phenoxy) is 4. The number of nitrogens with one attached hydrogen (secondary N) is 1. The lowest BCUT2D eigenvalue weighted by atomic mass is 10.1. The Hall–Kier alpha value is -3.39. The monoisotopic (exact) mass is 413 g/mol. The van der Waals surface area contributed by atoms with Gasteiger partial charge in [0.2, 0.25) is 0 Å². The summed E-state index contributed by atoms with van der Waals surface area (Å²) in [6, 6.07) is 10.9. The number of hydrogen-bond acceptors (Lipinski definition) is 7. The van der Waals surface area contributed by atoms with Crippen molar-refractivity contribution in [3.63, 3.8) is 0 Å². The highest BCUT2D eigenvalue weighted by molar-refractivity contribution is 6.06. The fraction of sp³-hybridized carbons (Fsp3) is 0.318. The maximum absolute atomic E-state index is 12.6. The predicted molar refractivity (Wildman–Crippen MR) is 108 cm³/mol. The lowest BCUT2D eigenvalue weighted by molar-refractivity contribution is 0.0598. The quantitative estimate of drug-likeness (QED) is 0.696. The molecular formula is C22H23NO7. The van der Waals surface area contributed by atoms with E-state index in [9.17, 15) is 14.4 Å². The number of esters is 2. The first-order valence-corrected chi connectivity index (χ1v) is 9.47. The molecule has 1 heterocycles. The van der Waals surface area contributed by atoms with Gasteiger partial charge in [-0.3, -0.25) is 4.79 Å². The maximum atomic E-state index is 12.6. The molecule has 158 valence electrons. The molecule has 1 saturated heterocycles. The third-order valence-corrected chi connectivity index (χ3v) is 4.61. The Kier molecular flexibility index (Phi) is 7.03. The summed E-state index contributed by atoms with van der Waals surface area (Å²) in [6.45, 7) is 1.24. The molecule has 8 nitrogen and oxygen atoms in total. The topological polar surface area (TPSA) is 100 Å². The van der Waals surface area contributed by atoms with E-state index in [2.05, 4.69) is 5.32 Å². The second-order valence-corrected chi connectivity index (χ2v) is 6.71. The van der Waals surface area contributed by atoms with Crippen molar-refractivity contribution in [2.75, 3.05) is 32.8 Å². The summed E-state index contributed by atoms with van der Waals surface area (Å²) in [4.78, 5) is 36.3. The highest BCUT2D eigenvalue weighted by atomic mass is 16.5. The SMILES string of the molecule is COC(=O)c1cc(NC(=O)c2ccc(OC[C@H]3CCCO3)cc2)cc(C(=O)OC)c1. The number of amides is 1. The molecule has 0 unspecified atom stereocenters. The van der Waals surface area contributed by atoms with Crippen molar-refractivity contribution >= 4 is 23.5 Å². The molecule has 8 heteroatoms. The van der Waals surface area contributed by atoms with E-state index in [4.69, 9.17) is 18.9 Å². The second-order valence-electron chi connectivity index (χ2n) is 6.71. The van der Waals surface area contributed by atoms with Gasteiger partial charge in [-0.25, -0.2) is 9.59 Å². The van der Waals surface area contributed by atoms with Crippen LogP contribution in [0, 0.1) is 0 Å². The summed E-state index contributed by atoms with van der Waals surface area (Å²) in [5, 5.41) is 2.68. The summed E-state index contributed by atoms with van der Waals surface area (Å²) >= 11 is 0. The summed E-state index contributed by atoms with van der Waals surface area (Å²) in [7, 11) is 2.46. The van der Waals surface area contributed by atoms with E-state index in [-0.39, 0.29) is 22.9 Å². The molecule has 2 aromatic carbocycles. The average Bonchev–Trinajstić information content (AvgIpc) is 3.30. The first-order valence-electron chi connectivity index (χ1n) is 9.47. The van der Waals surface area contributed by atoms with Crippen LogP contribution in [0.4, 0.5) is 5.69 Å². The van der Waals surface area contributed by atoms with Crippen molar-refractivity contribution in [2.24, 2.45) is 0 Å². The molecule has 0 aromatic heterocycles. The first kappa shape index (κ1) is 21.3. The zero-order valence-electron chi connectivity index (χ0n) is 16.8. The largest absolute Gasteiger partial charge is 0.491 e. The van der Waals surface area contributed by atoms with Gasteiger partial charge in [-0.2, -0.15) is 0 Å². The van der Waals surface area contributed by atoms with Gasteiger partial charge in [-0.15, -0.1) is 0 Å². The molecule has 0 spiro atoms. The minimum atomic E-state index is -0.635. The molecule has 0 aliphatic carbocycles. The van der Waals surface area contributed by atoms with Gasteiger partial charge in [0.1, 0.15) is 12.4 Å². The van der Waals surface area contributed by atoms with Gasteiger partial charge >= 0.3 is 11.9 Å². The van der Waals surface area contributed by atoms with E-state index in [0.717, 1.165) is 19.4 Å². The molecule has 2 aromatic rings. The molecule has 3 rings (SSSR count). The lowest BCUT2D eigenvalue weighted by Gasteiger charge is -2.12. The molecule has 1 amide bonds. The Morgan fingerprint density at radius 2 is 1.60 bits per heavy atom. The van der Waals surface area contributed by atoms with Crippen molar-refractivity contribution in [1.82, 2.24) is 0 Å². The number of benzene rings is 2. The molecule has 1 aliphatic heterocycles. The van der Waals surface area contributed by atoms with Gasteiger partial charge in [0.15, 0.2) is 0 Å². The molecule has 30 heavy (non-hydrogen) atoms. The van der Waals surface area contributed by atoms with Crippen molar-refractivity contribution in [3.05, 3.63) is 59.2 Å². The van der Waals surface area contributed by atoms with Crippen LogP contribution < -0.4 is 10.1 Å². The van der Waals surface area contributed by atoms with Crippen LogP contribution in [0.25, 0.3) is 0 Å². The average molecular weight is 413 g/mol. The third kappa shape index (κ3) is 5.36. The maximum Gasteiger partial charge on any atom is 0.337 e. The van der Waals surface area contributed by atoms with Gasteiger partial charge in [-0.05, 0) is 55.3 Å². The van der Waals surface area contributed by atoms with E-state index in [1.807, 2.05) is 0 Å². The summed E-state index contributed by atoms with van der Waals surface area (Å²) in [5.74, 6) is -1.03. The first-order chi connectivity index (χ1) is 14.5. The molecule has 0 radical (unpaired) electrons. The summed E-state index contributed by atoms with van der Waals surface area (Å²) in [5.41, 5.74) is 0.895. The third-order valence-electron chi connectivity index (χ3n) is 4.61. The number of anilines is 1. The van der Waals surface area contributed by atoms with Crippen molar-refractivity contribution in [1.29, 1.82) is 0 Å². The lowest BCUT2D eigenvalue weighted by Crippen LogP contribution is -2.16. The van der Waals surface area contributed by atoms with E-state index < -0.39 is 17.8 Å². The van der Waals surface area contributed by atoms with Gasteiger partial charge in [0.25, 0.3) is 5.91 Å². The minimum Gasteiger partial charge on any atom is -0.491 e. The second kappa shape index (κ2) is 9.89. The predicted octanol–water partition coefficient (Wildman–Crippen LogP) is 3.07. The molecular weight excluding hydrogens is 390 g/mol. The van der Waals surface area contributed by atoms with Gasteiger partial charge < -0.3 is 24.3 Å². The number of hydrogen-bond donors (Lipinski definition) is 1. The molecule has 0 saturated carbocycles. The van der Waals surface area contributed by atoms with Crippen LogP contribution in [0.2, 0.25) is 0 Å². The number of carbonyl (C=O) groups excluding carboxylic acids is 3. The Balaban J connectivity index is 1.69.